The number of likely N-dealkylation sites (tertiary alicyclic amines) is 1. The van der Waals surface area contributed by atoms with Gasteiger partial charge in [0.1, 0.15) is 6.54 Å². The maximum atomic E-state index is 12.5. The maximum absolute atomic E-state index is 12.5. The van der Waals surface area contributed by atoms with Crippen molar-refractivity contribution in [3.8, 4) is 0 Å². The van der Waals surface area contributed by atoms with E-state index in [0.717, 1.165) is 31.5 Å². The second kappa shape index (κ2) is 7.69. The number of hydrogen-bond acceptors (Lipinski definition) is 2. The van der Waals surface area contributed by atoms with Crippen molar-refractivity contribution in [1.29, 1.82) is 0 Å². The molecule has 0 unspecified atom stereocenters. The number of aryl methyl sites for hydroxylation is 1. The molecule has 2 fully saturated rings. The van der Waals surface area contributed by atoms with Crippen LogP contribution in [0.25, 0.3) is 0 Å². The summed E-state index contributed by atoms with van der Waals surface area (Å²) < 4.78 is 0. The summed E-state index contributed by atoms with van der Waals surface area (Å²) in [6.07, 6.45) is 4.58. The van der Waals surface area contributed by atoms with Gasteiger partial charge in [0.25, 0.3) is 0 Å². The molecule has 0 radical (unpaired) electrons. The average molecular weight is 329 g/mol. The second-order valence-corrected chi connectivity index (χ2v) is 6.91. The highest BCUT2D eigenvalue weighted by Crippen LogP contribution is 2.15. The molecule has 0 aromatic heterocycles. The zero-order valence-corrected chi connectivity index (χ0v) is 14.5. The molecule has 0 aliphatic carbocycles. The van der Waals surface area contributed by atoms with Crippen LogP contribution in [0.5, 0.6) is 0 Å². The number of rotatable bonds is 4. The number of nitrogens with zero attached hydrogens (tertiary/aromatic N) is 3. The fourth-order valence-corrected chi connectivity index (χ4v) is 3.42. The fraction of sp³-hybridized carbons (Fsp3) is 0.579. The van der Waals surface area contributed by atoms with Crippen LogP contribution in [-0.2, 0) is 11.3 Å². The van der Waals surface area contributed by atoms with Gasteiger partial charge < -0.3 is 14.7 Å². The van der Waals surface area contributed by atoms with Crippen molar-refractivity contribution in [3.63, 3.8) is 0 Å². The van der Waals surface area contributed by atoms with Crippen LogP contribution in [0, 0.1) is 6.92 Å². The Hall–Kier alpha value is -2.04. The number of amides is 3. The van der Waals surface area contributed by atoms with Crippen LogP contribution in [0.4, 0.5) is 4.79 Å². The Morgan fingerprint density at radius 1 is 0.917 bits per heavy atom. The number of carbonyl (C=O) groups excluding carboxylic acids is 2. The van der Waals surface area contributed by atoms with Crippen molar-refractivity contribution in [2.24, 2.45) is 0 Å². The lowest BCUT2D eigenvalue weighted by molar-refractivity contribution is -0.131. The Kier molecular flexibility index (Phi) is 5.38. The Morgan fingerprint density at radius 3 is 2.21 bits per heavy atom. The van der Waals surface area contributed by atoms with E-state index in [4.69, 9.17) is 0 Å². The van der Waals surface area contributed by atoms with Crippen LogP contribution in [0.15, 0.2) is 24.3 Å². The molecule has 2 aliphatic rings. The summed E-state index contributed by atoms with van der Waals surface area (Å²) in [5.41, 5.74) is 2.35. The number of benzene rings is 1. The van der Waals surface area contributed by atoms with Crippen molar-refractivity contribution < 1.29 is 9.59 Å². The van der Waals surface area contributed by atoms with Gasteiger partial charge in [0.15, 0.2) is 0 Å². The highest BCUT2D eigenvalue weighted by molar-refractivity contribution is 5.85. The third-order valence-corrected chi connectivity index (χ3v) is 4.96. The smallest absolute Gasteiger partial charge is 0.320 e. The predicted octanol–water partition coefficient (Wildman–Crippen LogP) is 2.64. The zero-order valence-electron chi connectivity index (χ0n) is 14.5. The summed E-state index contributed by atoms with van der Waals surface area (Å²) >= 11 is 0. The van der Waals surface area contributed by atoms with Crippen molar-refractivity contribution in [3.05, 3.63) is 35.4 Å². The monoisotopic (exact) mass is 329 g/mol. The first-order chi connectivity index (χ1) is 11.6. The molecule has 5 nitrogen and oxygen atoms in total. The molecule has 2 heterocycles. The summed E-state index contributed by atoms with van der Waals surface area (Å²) in [5, 5.41) is 0. The van der Waals surface area contributed by atoms with Gasteiger partial charge in [-0.15, -0.1) is 0 Å². The second-order valence-electron chi connectivity index (χ2n) is 6.91. The lowest BCUT2D eigenvalue weighted by Crippen LogP contribution is -2.42. The molecule has 0 N–H and O–H groups in total. The van der Waals surface area contributed by atoms with Crippen LogP contribution in [0.1, 0.15) is 36.8 Å². The molecule has 1 aromatic rings. The summed E-state index contributed by atoms with van der Waals surface area (Å²) in [4.78, 5) is 30.5. The number of carbonyl (C=O) groups is 2. The van der Waals surface area contributed by atoms with E-state index in [1.807, 2.05) is 9.80 Å². The Morgan fingerprint density at radius 2 is 1.54 bits per heavy atom. The summed E-state index contributed by atoms with van der Waals surface area (Å²) in [7, 11) is 0. The first-order valence-electron chi connectivity index (χ1n) is 9.00. The van der Waals surface area contributed by atoms with E-state index in [0.29, 0.717) is 19.6 Å². The first kappa shape index (κ1) is 16.8. The third-order valence-electron chi connectivity index (χ3n) is 4.96. The van der Waals surface area contributed by atoms with Crippen LogP contribution in [0.2, 0.25) is 0 Å². The van der Waals surface area contributed by atoms with Crippen molar-refractivity contribution >= 4 is 11.9 Å². The summed E-state index contributed by atoms with van der Waals surface area (Å²) in [6.45, 7) is 5.92. The van der Waals surface area contributed by atoms with E-state index >= 15 is 0 Å². The van der Waals surface area contributed by atoms with Gasteiger partial charge in [-0.2, -0.15) is 0 Å². The van der Waals surface area contributed by atoms with E-state index in [1.54, 1.807) is 4.90 Å². The first-order valence-corrected chi connectivity index (χ1v) is 9.00. The predicted molar refractivity (Wildman–Crippen MR) is 93.6 cm³/mol. The van der Waals surface area contributed by atoms with Gasteiger partial charge in [-0.1, -0.05) is 42.7 Å². The topological polar surface area (TPSA) is 43.9 Å². The SMILES string of the molecule is Cc1ccc(CN2CCN(CC(=O)N3CCCCCC3)C2=O)cc1. The molecule has 1 aromatic carbocycles. The minimum Gasteiger partial charge on any atom is -0.341 e. The zero-order chi connectivity index (χ0) is 16.9. The van der Waals surface area contributed by atoms with Gasteiger partial charge in [-0.05, 0) is 25.3 Å². The van der Waals surface area contributed by atoms with Gasteiger partial charge in [0, 0.05) is 32.7 Å². The third kappa shape index (κ3) is 4.08. The normalized spacial score (nSPS) is 18.9. The van der Waals surface area contributed by atoms with Crippen molar-refractivity contribution in [2.75, 3.05) is 32.7 Å². The van der Waals surface area contributed by atoms with E-state index < -0.39 is 0 Å². The molecule has 0 atom stereocenters. The molecule has 0 bridgehead atoms. The summed E-state index contributed by atoms with van der Waals surface area (Å²) in [6, 6.07) is 8.24. The van der Waals surface area contributed by atoms with Gasteiger partial charge in [-0.3, -0.25) is 4.79 Å². The molecule has 24 heavy (non-hydrogen) atoms. The maximum Gasteiger partial charge on any atom is 0.320 e. The molecule has 2 saturated heterocycles. The van der Waals surface area contributed by atoms with E-state index in [9.17, 15) is 9.59 Å². The molecule has 0 saturated carbocycles. The molecule has 3 rings (SSSR count). The largest absolute Gasteiger partial charge is 0.341 e. The van der Waals surface area contributed by atoms with Crippen LogP contribution in [-0.4, -0.2) is 59.4 Å². The molecule has 5 heteroatoms. The van der Waals surface area contributed by atoms with Gasteiger partial charge in [0.05, 0.1) is 0 Å². The lowest BCUT2D eigenvalue weighted by atomic mass is 10.1. The van der Waals surface area contributed by atoms with Crippen LogP contribution >= 0.6 is 0 Å². The molecular weight excluding hydrogens is 302 g/mol. The van der Waals surface area contributed by atoms with E-state index in [2.05, 4.69) is 31.2 Å². The quantitative estimate of drug-likeness (QED) is 0.852. The fourth-order valence-electron chi connectivity index (χ4n) is 3.42. The van der Waals surface area contributed by atoms with Gasteiger partial charge in [0.2, 0.25) is 5.91 Å². The minimum absolute atomic E-state index is 0.0150. The van der Waals surface area contributed by atoms with E-state index in [-0.39, 0.29) is 18.5 Å². The Balaban J connectivity index is 1.53. The molecule has 2 aliphatic heterocycles. The lowest BCUT2D eigenvalue weighted by Gasteiger charge is -2.24. The molecular formula is C19H27N3O2. The van der Waals surface area contributed by atoms with E-state index in [1.165, 1.54) is 18.4 Å². The molecule has 3 amide bonds. The standard InChI is InChI=1S/C19H27N3O2/c1-16-6-8-17(9-7-16)14-21-12-13-22(19(21)24)15-18(23)20-10-4-2-3-5-11-20/h6-9H,2-5,10-15H2,1H3. The average Bonchev–Trinajstić information content (AvgIpc) is 2.81. The van der Waals surface area contributed by atoms with Crippen molar-refractivity contribution in [2.45, 2.75) is 39.2 Å². The van der Waals surface area contributed by atoms with Gasteiger partial charge >= 0.3 is 6.03 Å². The number of urea groups is 1. The highest BCUT2D eigenvalue weighted by Gasteiger charge is 2.31. The molecule has 0 spiro atoms. The van der Waals surface area contributed by atoms with Crippen LogP contribution in [0.3, 0.4) is 0 Å². The van der Waals surface area contributed by atoms with Crippen LogP contribution < -0.4 is 0 Å². The highest BCUT2D eigenvalue weighted by atomic mass is 16.2. The number of hydrogen-bond donors (Lipinski definition) is 0. The minimum atomic E-state index is -0.0150. The van der Waals surface area contributed by atoms with Gasteiger partial charge in [-0.25, -0.2) is 4.79 Å². The van der Waals surface area contributed by atoms with Crippen molar-refractivity contribution in [1.82, 2.24) is 14.7 Å². The summed E-state index contributed by atoms with van der Waals surface area (Å²) in [5.74, 6) is 0.0995. The Labute approximate surface area is 144 Å². The Bertz CT molecular complexity index is 577. The molecule has 130 valence electrons.